The quantitative estimate of drug-likeness (QED) is 0.128. The second-order valence-electron chi connectivity index (χ2n) is 11.7. The maximum absolute atomic E-state index is 4.46. The first-order chi connectivity index (χ1) is 23.6. The molecule has 4 nitrogen and oxygen atoms in total. The Hall–Kier alpha value is -5.35. The molecular weight excluding hydrogens is 777 g/mol. The topological polar surface area (TPSA) is 34.6 Å². The fourth-order valence-corrected chi connectivity index (χ4v) is 5.57. The normalized spacial score (nSPS) is 10.4. The smallest absolute Gasteiger partial charge is 0.115 e. The van der Waals surface area contributed by atoms with Crippen LogP contribution in [0.5, 0.6) is 0 Å². The molecule has 0 aliphatic rings. The minimum atomic E-state index is 0. The number of rotatable bonds is 5. The molecule has 0 aliphatic carbocycles. The molecule has 8 aromatic rings. The van der Waals surface area contributed by atoms with Crippen LogP contribution in [0.25, 0.3) is 55.6 Å². The molecule has 4 aromatic heterocycles. The van der Waals surface area contributed by atoms with Gasteiger partial charge in [-0.1, -0.05) is 79.4 Å². The molecule has 0 fully saturated rings. The third kappa shape index (κ3) is 8.77. The predicted molar refractivity (Wildman–Crippen MR) is 197 cm³/mol. The summed E-state index contributed by atoms with van der Waals surface area (Å²) in [6.45, 7) is 5.53. The molecule has 0 N–H and O–H groups in total. The number of para-hydroxylation sites is 1. The molecule has 4 aromatic carbocycles. The Morgan fingerprint density at radius 1 is 0.633 bits per heavy atom. The van der Waals surface area contributed by atoms with Crippen LogP contribution in [0.4, 0.5) is 0 Å². The van der Waals surface area contributed by atoms with E-state index in [1.165, 1.54) is 21.8 Å². The number of benzene rings is 4. The molecule has 0 aliphatic heterocycles. The standard InChI is InChI=1S/C21H19N2.C12H10N.C11H8N.Ir/c1-15(2)14-23-20-9-4-3-7-17(20)18-11-10-16(13-21(18)23)19-8-5-6-12-22-19;1-13-10-6-5-9-12(13)11-7-3-2-4-8-11;1-2-6-10(7-3-1)11-8-4-5-9-12-11;/h3-9,11-13,15H,14H2,1-2H3;2-7,9-10H,1H2;1-6,8-9H;/q3*-1;. The van der Waals surface area contributed by atoms with Crippen molar-refractivity contribution < 1.29 is 24.7 Å². The van der Waals surface area contributed by atoms with Gasteiger partial charge in [-0.05, 0) is 52.5 Å². The van der Waals surface area contributed by atoms with E-state index in [-0.39, 0.29) is 20.1 Å². The third-order valence-corrected chi connectivity index (χ3v) is 7.77. The summed E-state index contributed by atoms with van der Waals surface area (Å²) in [7, 11) is 3.89. The van der Waals surface area contributed by atoms with Crippen molar-refractivity contribution in [3.05, 3.63) is 183 Å². The maximum Gasteiger partial charge on any atom is 0.115 e. The van der Waals surface area contributed by atoms with Gasteiger partial charge >= 0.3 is 0 Å². The molecule has 1 radical (unpaired) electrons. The summed E-state index contributed by atoms with van der Waals surface area (Å²) in [4.78, 5) is 8.68. The third-order valence-electron chi connectivity index (χ3n) is 7.77. The van der Waals surface area contributed by atoms with Crippen LogP contribution in [0, 0.1) is 31.2 Å². The van der Waals surface area contributed by atoms with Crippen molar-refractivity contribution >= 4 is 21.8 Å². The predicted octanol–water partition coefficient (Wildman–Crippen LogP) is 9.94. The number of aromatic nitrogens is 4. The second kappa shape index (κ2) is 17.2. The van der Waals surface area contributed by atoms with Gasteiger partial charge in [0.25, 0.3) is 0 Å². The van der Waals surface area contributed by atoms with Crippen molar-refractivity contribution in [3.63, 3.8) is 0 Å². The monoisotopic (exact) mass is 814 g/mol. The molecule has 0 unspecified atom stereocenters. The summed E-state index contributed by atoms with van der Waals surface area (Å²) in [6.07, 6.45) is 5.55. The van der Waals surface area contributed by atoms with Gasteiger partial charge in [0.05, 0.1) is 6.20 Å². The van der Waals surface area contributed by atoms with Gasteiger partial charge in [-0.3, -0.25) is 0 Å². The van der Waals surface area contributed by atoms with E-state index in [0.717, 1.165) is 40.3 Å². The van der Waals surface area contributed by atoms with E-state index in [9.17, 15) is 0 Å². The number of pyridine rings is 3. The van der Waals surface area contributed by atoms with Gasteiger partial charge in [0.2, 0.25) is 0 Å². The van der Waals surface area contributed by atoms with Crippen molar-refractivity contribution in [2.24, 2.45) is 5.92 Å². The Morgan fingerprint density at radius 3 is 1.86 bits per heavy atom. The molecule has 0 saturated carbocycles. The van der Waals surface area contributed by atoms with E-state index < -0.39 is 0 Å². The van der Waals surface area contributed by atoms with Gasteiger partial charge in [-0.25, -0.2) is 0 Å². The summed E-state index contributed by atoms with van der Waals surface area (Å²) in [5.41, 5.74) is 8.72. The van der Waals surface area contributed by atoms with Gasteiger partial charge < -0.3 is 19.1 Å². The molecule has 5 heteroatoms. The van der Waals surface area contributed by atoms with Crippen molar-refractivity contribution in [2.75, 3.05) is 0 Å². The van der Waals surface area contributed by atoms with Crippen molar-refractivity contribution in [2.45, 2.75) is 20.4 Å². The van der Waals surface area contributed by atoms with Gasteiger partial charge in [-0.15, -0.1) is 90.0 Å². The van der Waals surface area contributed by atoms with Crippen LogP contribution in [0.2, 0.25) is 0 Å². The molecular formula is C44H37IrN4-3. The van der Waals surface area contributed by atoms with Crippen LogP contribution >= 0.6 is 0 Å². The van der Waals surface area contributed by atoms with Gasteiger partial charge in [0, 0.05) is 51.6 Å². The van der Waals surface area contributed by atoms with Crippen LogP contribution in [0.1, 0.15) is 13.8 Å². The van der Waals surface area contributed by atoms with E-state index in [4.69, 9.17) is 0 Å². The molecule has 4 heterocycles. The minimum absolute atomic E-state index is 0. The number of fused-ring (bicyclic) bond motifs is 3. The summed E-state index contributed by atoms with van der Waals surface area (Å²) in [5, 5.41) is 2.56. The summed E-state index contributed by atoms with van der Waals surface area (Å²) in [5.74, 6) is 0.594. The fraction of sp³-hybridized carbons (Fsp3) is 0.0909. The summed E-state index contributed by atoms with van der Waals surface area (Å²) >= 11 is 0. The molecule has 0 spiro atoms. The molecule has 0 amide bonds. The van der Waals surface area contributed by atoms with Crippen LogP contribution in [-0.2, 0) is 26.7 Å². The van der Waals surface area contributed by atoms with Crippen molar-refractivity contribution in [1.82, 2.24) is 14.5 Å². The first-order valence-corrected chi connectivity index (χ1v) is 16.1. The zero-order valence-corrected chi connectivity index (χ0v) is 30.0. The van der Waals surface area contributed by atoms with Gasteiger partial charge in [-0.2, -0.15) is 0 Å². The molecule has 0 saturated heterocycles. The second-order valence-corrected chi connectivity index (χ2v) is 11.7. The average molecular weight is 814 g/mol. The SMILES string of the molecule is CC(C)Cn1c2ccccc2c2c[c-]c(-c3ccccn3)cc21.[CH2-][n+]1ccccc1-c1[c-]cccc1.[Ir].[c-]1ccccc1-c1ccccn1. The Balaban J connectivity index is 0.000000154. The Morgan fingerprint density at radius 2 is 1.24 bits per heavy atom. The molecule has 245 valence electrons. The Kier molecular flexibility index (Phi) is 12.3. The minimum Gasteiger partial charge on any atom is -0.358 e. The average Bonchev–Trinajstić information content (AvgIpc) is 3.46. The Bertz CT molecular complexity index is 2140. The van der Waals surface area contributed by atoms with Crippen LogP contribution in [0.3, 0.4) is 0 Å². The van der Waals surface area contributed by atoms with E-state index in [2.05, 4.69) is 90.0 Å². The zero-order chi connectivity index (χ0) is 33.1. The summed E-state index contributed by atoms with van der Waals surface area (Å²) < 4.78 is 4.27. The summed E-state index contributed by atoms with van der Waals surface area (Å²) in [6, 6.07) is 56.2. The van der Waals surface area contributed by atoms with Crippen LogP contribution in [-0.4, -0.2) is 14.5 Å². The van der Waals surface area contributed by atoms with E-state index in [1.807, 2.05) is 120 Å². The molecule has 0 bridgehead atoms. The number of nitrogens with zero attached hydrogens (tertiary/aromatic N) is 4. The van der Waals surface area contributed by atoms with Crippen LogP contribution in [0.15, 0.2) is 158 Å². The first-order valence-electron chi connectivity index (χ1n) is 16.1. The number of hydrogen-bond acceptors (Lipinski definition) is 2. The number of hydrogen-bond donors (Lipinski definition) is 0. The fourth-order valence-electron chi connectivity index (χ4n) is 5.57. The van der Waals surface area contributed by atoms with Gasteiger partial charge in [0.15, 0.2) is 0 Å². The first kappa shape index (κ1) is 35.0. The van der Waals surface area contributed by atoms with E-state index >= 15 is 0 Å². The molecule has 0 atom stereocenters. The van der Waals surface area contributed by atoms with Crippen molar-refractivity contribution in [1.29, 1.82) is 0 Å². The van der Waals surface area contributed by atoms with Crippen molar-refractivity contribution in [3.8, 4) is 33.8 Å². The maximum atomic E-state index is 4.46. The zero-order valence-electron chi connectivity index (χ0n) is 27.6. The Labute approximate surface area is 303 Å². The van der Waals surface area contributed by atoms with Crippen LogP contribution < -0.4 is 4.57 Å². The van der Waals surface area contributed by atoms with Gasteiger partial charge in [0.1, 0.15) is 5.69 Å². The van der Waals surface area contributed by atoms with E-state index in [1.54, 1.807) is 6.20 Å². The largest absolute Gasteiger partial charge is 0.358 e. The van der Waals surface area contributed by atoms with E-state index in [0.29, 0.717) is 5.92 Å². The molecule has 8 rings (SSSR count). The molecule has 49 heavy (non-hydrogen) atoms.